The van der Waals surface area contributed by atoms with E-state index in [1.165, 1.54) is 12.3 Å². The molecule has 3 rings (SSSR count). The molecule has 2 aromatic carbocycles. The third-order valence-electron chi connectivity index (χ3n) is 3.59. The van der Waals surface area contributed by atoms with Crippen molar-refractivity contribution in [1.29, 1.82) is 5.26 Å². The smallest absolute Gasteiger partial charge is 0.242 e. The van der Waals surface area contributed by atoms with Crippen LogP contribution >= 0.6 is 0 Å². The van der Waals surface area contributed by atoms with Gasteiger partial charge in [-0.1, -0.05) is 0 Å². The highest BCUT2D eigenvalue weighted by atomic mass is 19.3. The van der Waals surface area contributed by atoms with Gasteiger partial charge in [0.15, 0.2) is 11.6 Å². The molecule has 8 heteroatoms. The number of ether oxygens (including phenoxy) is 1. The largest absolute Gasteiger partial charge is 0.454 e. The Labute approximate surface area is 138 Å². The Morgan fingerprint density at radius 1 is 1.12 bits per heavy atom. The summed E-state index contributed by atoms with van der Waals surface area (Å²) in [5, 5.41) is 8.86. The van der Waals surface area contributed by atoms with E-state index >= 15 is 0 Å². The van der Waals surface area contributed by atoms with Crippen molar-refractivity contribution in [3.05, 3.63) is 59.0 Å². The average Bonchev–Trinajstić information content (AvgIpc) is 3.06. The second kappa shape index (κ2) is 6.43. The summed E-state index contributed by atoms with van der Waals surface area (Å²) in [6, 6.07) is 5.86. The van der Waals surface area contributed by atoms with Gasteiger partial charge >= 0.3 is 0 Å². The summed E-state index contributed by atoms with van der Waals surface area (Å²) in [4.78, 5) is 2.45. The number of halogens is 5. The fourth-order valence-electron chi connectivity index (χ4n) is 2.50. The SMILES string of the molecule is N#Cc1cc(Oc2c(F)c(F)c3[nH]ccc3c2CC(F)F)ccc1F. The molecule has 3 aromatic rings. The number of fused-ring (bicyclic) bond motifs is 1. The third-order valence-corrected chi connectivity index (χ3v) is 3.59. The van der Waals surface area contributed by atoms with Crippen LogP contribution in [0, 0.1) is 28.8 Å². The molecule has 0 bridgehead atoms. The molecule has 0 aliphatic rings. The molecular formula is C17H9F5N2O. The van der Waals surface area contributed by atoms with E-state index < -0.39 is 36.0 Å². The van der Waals surface area contributed by atoms with Gasteiger partial charge in [0.1, 0.15) is 17.6 Å². The van der Waals surface area contributed by atoms with Gasteiger partial charge in [0.2, 0.25) is 12.2 Å². The number of aromatic nitrogens is 1. The van der Waals surface area contributed by atoms with Crippen molar-refractivity contribution >= 4 is 10.9 Å². The molecule has 3 nitrogen and oxygen atoms in total. The first-order valence-corrected chi connectivity index (χ1v) is 7.05. The zero-order valence-electron chi connectivity index (χ0n) is 12.4. The fourth-order valence-corrected chi connectivity index (χ4v) is 2.50. The van der Waals surface area contributed by atoms with Gasteiger partial charge in [0.05, 0.1) is 11.1 Å². The zero-order valence-corrected chi connectivity index (χ0v) is 12.4. The molecule has 0 amide bonds. The minimum absolute atomic E-state index is 0.0526. The molecule has 128 valence electrons. The lowest BCUT2D eigenvalue weighted by Crippen LogP contribution is -2.04. The van der Waals surface area contributed by atoms with Crippen LogP contribution < -0.4 is 4.74 Å². The van der Waals surface area contributed by atoms with Gasteiger partial charge in [-0.05, 0) is 18.2 Å². The number of H-pyrrole nitrogens is 1. The van der Waals surface area contributed by atoms with Crippen molar-refractivity contribution in [1.82, 2.24) is 4.98 Å². The minimum atomic E-state index is -2.83. The van der Waals surface area contributed by atoms with Crippen molar-refractivity contribution in [2.45, 2.75) is 12.8 Å². The Morgan fingerprint density at radius 2 is 1.88 bits per heavy atom. The summed E-state index contributed by atoms with van der Waals surface area (Å²) < 4.78 is 72.9. The molecule has 1 aromatic heterocycles. The highest BCUT2D eigenvalue weighted by Crippen LogP contribution is 2.37. The number of benzene rings is 2. The maximum absolute atomic E-state index is 14.4. The number of alkyl halides is 2. The van der Waals surface area contributed by atoms with E-state index in [0.29, 0.717) is 0 Å². The number of rotatable bonds is 4. The summed E-state index contributed by atoms with van der Waals surface area (Å²) in [7, 11) is 0. The van der Waals surface area contributed by atoms with Gasteiger partial charge in [-0.2, -0.15) is 9.65 Å². The van der Waals surface area contributed by atoms with E-state index in [1.54, 1.807) is 6.07 Å². The molecule has 1 N–H and O–H groups in total. The fraction of sp³-hybridized carbons (Fsp3) is 0.118. The molecule has 0 atom stereocenters. The second-order valence-corrected chi connectivity index (χ2v) is 5.15. The number of nitrogens with one attached hydrogen (secondary N) is 1. The van der Waals surface area contributed by atoms with Crippen LogP contribution in [-0.2, 0) is 6.42 Å². The van der Waals surface area contributed by atoms with Gasteiger partial charge in [0, 0.05) is 29.6 Å². The maximum atomic E-state index is 14.4. The molecule has 0 saturated heterocycles. The van der Waals surface area contributed by atoms with Crippen LogP contribution in [0.5, 0.6) is 11.5 Å². The second-order valence-electron chi connectivity index (χ2n) is 5.15. The van der Waals surface area contributed by atoms with Crippen molar-refractivity contribution in [3.63, 3.8) is 0 Å². The van der Waals surface area contributed by atoms with E-state index in [9.17, 15) is 22.0 Å². The highest BCUT2D eigenvalue weighted by molar-refractivity contribution is 5.86. The lowest BCUT2D eigenvalue weighted by Gasteiger charge is -2.14. The third kappa shape index (κ3) is 3.01. The molecule has 0 saturated carbocycles. The van der Waals surface area contributed by atoms with Crippen LogP contribution in [0.15, 0.2) is 30.5 Å². The topological polar surface area (TPSA) is 48.8 Å². The van der Waals surface area contributed by atoms with Gasteiger partial charge in [-0.3, -0.25) is 0 Å². The highest BCUT2D eigenvalue weighted by Gasteiger charge is 2.24. The van der Waals surface area contributed by atoms with Gasteiger partial charge in [0.25, 0.3) is 0 Å². The molecule has 0 radical (unpaired) electrons. The number of hydrogen-bond donors (Lipinski definition) is 1. The molecule has 1 heterocycles. The lowest BCUT2D eigenvalue weighted by atomic mass is 10.0. The Morgan fingerprint density at radius 3 is 2.56 bits per heavy atom. The quantitative estimate of drug-likeness (QED) is 0.668. The minimum Gasteiger partial charge on any atom is -0.454 e. The van der Waals surface area contributed by atoms with Crippen LogP contribution in [0.25, 0.3) is 10.9 Å². The van der Waals surface area contributed by atoms with E-state index in [2.05, 4.69) is 4.98 Å². The summed E-state index contributed by atoms with van der Waals surface area (Å²) in [6.45, 7) is 0. The van der Waals surface area contributed by atoms with Crippen LogP contribution in [0.1, 0.15) is 11.1 Å². The van der Waals surface area contributed by atoms with Crippen LogP contribution in [0.2, 0.25) is 0 Å². The molecule has 25 heavy (non-hydrogen) atoms. The Kier molecular flexibility index (Phi) is 4.31. The van der Waals surface area contributed by atoms with Crippen LogP contribution in [0.3, 0.4) is 0 Å². The monoisotopic (exact) mass is 352 g/mol. The van der Waals surface area contributed by atoms with Crippen LogP contribution in [0.4, 0.5) is 22.0 Å². The van der Waals surface area contributed by atoms with E-state index in [4.69, 9.17) is 10.00 Å². The van der Waals surface area contributed by atoms with Crippen molar-refractivity contribution in [3.8, 4) is 17.6 Å². The standard InChI is InChI=1S/C17H9F5N2O/c18-12-2-1-9(5-8(12)7-23)25-17-11(6-13(19)20)10-3-4-24-16(10)14(21)15(17)22/h1-5,13,24H,6H2. The summed E-state index contributed by atoms with van der Waals surface area (Å²) in [6.07, 6.45) is -2.40. The van der Waals surface area contributed by atoms with Crippen LogP contribution in [-0.4, -0.2) is 11.4 Å². The maximum Gasteiger partial charge on any atom is 0.242 e. The normalized spacial score (nSPS) is 11.1. The van der Waals surface area contributed by atoms with E-state index in [1.807, 2.05) is 0 Å². The van der Waals surface area contributed by atoms with Crippen molar-refractivity contribution in [2.24, 2.45) is 0 Å². The van der Waals surface area contributed by atoms with Crippen molar-refractivity contribution in [2.75, 3.05) is 0 Å². The number of nitrogens with zero attached hydrogens (tertiary/aromatic N) is 1. The Balaban J connectivity index is 2.17. The Hall–Kier alpha value is -3.08. The predicted octanol–water partition coefficient (Wildman–Crippen LogP) is 5.06. The first kappa shape index (κ1) is 16.8. The van der Waals surface area contributed by atoms with Crippen molar-refractivity contribution < 1.29 is 26.7 Å². The van der Waals surface area contributed by atoms with Gasteiger partial charge in [-0.25, -0.2) is 17.6 Å². The molecule has 0 aliphatic heterocycles. The van der Waals surface area contributed by atoms with Gasteiger partial charge < -0.3 is 9.72 Å². The molecule has 0 aliphatic carbocycles. The molecule has 0 unspecified atom stereocenters. The summed E-state index contributed by atoms with van der Waals surface area (Å²) >= 11 is 0. The molecule has 0 spiro atoms. The van der Waals surface area contributed by atoms with Gasteiger partial charge in [-0.15, -0.1) is 0 Å². The zero-order chi connectivity index (χ0) is 18.1. The van der Waals surface area contributed by atoms with E-state index in [0.717, 1.165) is 18.2 Å². The first-order chi connectivity index (χ1) is 11.9. The first-order valence-electron chi connectivity index (χ1n) is 7.05. The number of aromatic amines is 1. The number of hydrogen-bond acceptors (Lipinski definition) is 2. The predicted molar refractivity (Wildman–Crippen MR) is 79.1 cm³/mol. The Bertz CT molecular complexity index is 991. The number of nitriles is 1. The summed E-state index contributed by atoms with van der Waals surface area (Å²) in [5.74, 6) is -4.46. The summed E-state index contributed by atoms with van der Waals surface area (Å²) in [5.41, 5.74) is -0.859. The molecular weight excluding hydrogens is 343 g/mol. The molecule has 0 fully saturated rings. The lowest BCUT2D eigenvalue weighted by molar-refractivity contribution is 0.148. The average molecular weight is 352 g/mol. The van der Waals surface area contributed by atoms with E-state index in [-0.39, 0.29) is 27.8 Å².